The van der Waals surface area contributed by atoms with Crippen LogP contribution in [0.4, 0.5) is 4.39 Å². The quantitative estimate of drug-likeness (QED) is 0.685. The van der Waals surface area contributed by atoms with Gasteiger partial charge in [-0.1, -0.05) is 25.1 Å². The zero-order valence-corrected chi connectivity index (χ0v) is 15.6. The number of benzene rings is 1. The normalized spacial score (nSPS) is 17.5. The second-order valence-corrected chi connectivity index (χ2v) is 7.94. The Labute approximate surface area is 156 Å². The molecule has 136 valence electrons. The molecule has 7 heteroatoms. The van der Waals surface area contributed by atoms with Crippen molar-refractivity contribution in [3.8, 4) is 0 Å². The molecule has 0 N–H and O–H groups in total. The SMILES string of the molecule is CC1CCN([C@@H](c2cccs2)c2nnnn2Cc2ccc(F)cc2)CC1. The Bertz CT molecular complexity index is 822. The van der Waals surface area contributed by atoms with Crippen LogP contribution in [-0.4, -0.2) is 38.2 Å². The fourth-order valence-electron chi connectivity index (χ4n) is 3.49. The third-order valence-electron chi connectivity index (χ3n) is 5.05. The summed E-state index contributed by atoms with van der Waals surface area (Å²) in [4.78, 5) is 3.74. The van der Waals surface area contributed by atoms with Crippen molar-refractivity contribution in [2.24, 2.45) is 5.92 Å². The van der Waals surface area contributed by atoms with Crippen LogP contribution in [0.15, 0.2) is 41.8 Å². The monoisotopic (exact) mass is 371 g/mol. The fourth-order valence-corrected chi connectivity index (χ4v) is 4.34. The van der Waals surface area contributed by atoms with Crippen LogP contribution in [0.5, 0.6) is 0 Å². The van der Waals surface area contributed by atoms with E-state index in [4.69, 9.17) is 0 Å². The average Bonchev–Trinajstić information content (AvgIpc) is 3.32. The minimum atomic E-state index is -0.232. The first-order chi connectivity index (χ1) is 12.7. The molecule has 2 aromatic heterocycles. The molecule has 26 heavy (non-hydrogen) atoms. The number of thiophene rings is 1. The van der Waals surface area contributed by atoms with Crippen molar-refractivity contribution in [2.75, 3.05) is 13.1 Å². The number of hydrogen-bond donors (Lipinski definition) is 0. The maximum Gasteiger partial charge on any atom is 0.174 e. The van der Waals surface area contributed by atoms with Crippen molar-refractivity contribution in [2.45, 2.75) is 32.4 Å². The molecule has 1 aliphatic heterocycles. The topological polar surface area (TPSA) is 46.8 Å². The Morgan fingerprint density at radius 2 is 1.96 bits per heavy atom. The molecule has 0 radical (unpaired) electrons. The number of likely N-dealkylation sites (tertiary alicyclic amines) is 1. The van der Waals surface area contributed by atoms with Crippen molar-refractivity contribution in [1.82, 2.24) is 25.1 Å². The number of rotatable bonds is 5. The number of piperidine rings is 1. The van der Waals surface area contributed by atoms with E-state index < -0.39 is 0 Å². The number of aromatic nitrogens is 4. The molecule has 1 saturated heterocycles. The summed E-state index contributed by atoms with van der Waals surface area (Å²) in [5.74, 6) is 1.39. The van der Waals surface area contributed by atoms with E-state index in [1.807, 2.05) is 4.68 Å². The maximum atomic E-state index is 13.2. The van der Waals surface area contributed by atoms with Crippen LogP contribution in [-0.2, 0) is 6.54 Å². The van der Waals surface area contributed by atoms with Crippen molar-refractivity contribution in [1.29, 1.82) is 0 Å². The molecule has 0 aliphatic carbocycles. The van der Waals surface area contributed by atoms with Gasteiger partial charge in [0, 0.05) is 4.88 Å². The molecule has 1 atom stereocenters. The van der Waals surface area contributed by atoms with Crippen LogP contribution < -0.4 is 0 Å². The molecule has 0 amide bonds. The highest BCUT2D eigenvalue weighted by molar-refractivity contribution is 7.10. The van der Waals surface area contributed by atoms with Crippen LogP contribution >= 0.6 is 11.3 Å². The Balaban J connectivity index is 1.64. The van der Waals surface area contributed by atoms with E-state index in [0.717, 1.165) is 30.4 Å². The fraction of sp³-hybridized carbons (Fsp3) is 0.421. The van der Waals surface area contributed by atoms with E-state index >= 15 is 0 Å². The highest BCUT2D eigenvalue weighted by Gasteiger charge is 2.30. The van der Waals surface area contributed by atoms with Gasteiger partial charge in [0.25, 0.3) is 0 Å². The molecule has 3 heterocycles. The Morgan fingerprint density at radius 1 is 1.19 bits per heavy atom. The van der Waals surface area contributed by atoms with Gasteiger partial charge in [0.15, 0.2) is 5.82 Å². The van der Waals surface area contributed by atoms with E-state index in [1.54, 1.807) is 23.5 Å². The summed E-state index contributed by atoms with van der Waals surface area (Å²) in [7, 11) is 0. The van der Waals surface area contributed by atoms with Crippen molar-refractivity contribution in [3.05, 3.63) is 63.9 Å². The van der Waals surface area contributed by atoms with Crippen LogP contribution in [0.3, 0.4) is 0 Å². The van der Waals surface area contributed by atoms with Crippen LogP contribution in [0, 0.1) is 11.7 Å². The van der Waals surface area contributed by atoms with Gasteiger partial charge >= 0.3 is 0 Å². The van der Waals surface area contributed by atoms with E-state index in [0.29, 0.717) is 6.54 Å². The van der Waals surface area contributed by atoms with Gasteiger partial charge in [0.05, 0.1) is 6.54 Å². The standard InChI is InChI=1S/C19H22FN5S/c1-14-8-10-24(11-9-14)18(17-3-2-12-26-17)19-21-22-23-25(19)13-15-4-6-16(20)7-5-15/h2-7,12,14,18H,8-11,13H2,1H3/t18-/m0/s1. The summed E-state index contributed by atoms with van der Waals surface area (Å²) in [6.07, 6.45) is 2.39. The third-order valence-corrected chi connectivity index (χ3v) is 5.97. The zero-order chi connectivity index (χ0) is 17.9. The smallest absolute Gasteiger partial charge is 0.174 e. The highest BCUT2D eigenvalue weighted by Crippen LogP contribution is 2.33. The lowest BCUT2D eigenvalue weighted by molar-refractivity contribution is 0.152. The summed E-state index contributed by atoms with van der Waals surface area (Å²) in [5, 5.41) is 14.6. The molecular formula is C19H22FN5S. The van der Waals surface area contributed by atoms with Gasteiger partial charge in [0.2, 0.25) is 0 Å². The van der Waals surface area contributed by atoms with Gasteiger partial charge in [-0.05, 0) is 71.4 Å². The first-order valence-corrected chi connectivity index (χ1v) is 9.86. The van der Waals surface area contributed by atoms with Gasteiger partial charge in [-0.3, -0.25) is 4.90 Å². The Kier molecular flexibility index (Phi) is 5.08. The van der Waals surface area contributed by atoms with Crippen molar-refractivity contribution >= 4 is 11.3 Å². The van der Waals surface area contributed by atoms with Gasteiger partial charge in [-0.15, -0.1) is 16.4 Å². The number of tetrazole rings is 1. The number of halogens is 1. The zero-order valence-electron chi connectivity index (χ0n) is 14.8. The molecule has 0 spiro atoms. The molecule has 0 saturated carbocycles. The van der Waals surface area contributed by atoms with Crippen LogP contribution in [0.2, 0.25) is 0 Å². The van der Waals surface area contributed by atoms with Crippen molar-refractivity contribution in [3.63, 3.8) is 0 Å². The summed E-state index contributed by atoms with van der Waals surface area (Å²) in [6.45, 7) is 4.95. The lowest BCUT2D eigenvalue weighted by Crippen LogP contribution is -2.37. The largest absolute Gasteiger partial charge is 0.289 e. The molecule has 1 aliphatic rings. The first-order valence-electron chi connectivity index (χ1n) is 8.98. The highest BCUT2D eigenvalue weighted by atomic mass is 32.1. The molecular weight excluding hydrogens is 349 g/mol. The van der Waals surface area contributed by atoms with E-state index in [-0.39, 0.29) is 11.9 Å². The lowest BCUT2D eigenvalue weighted by Gasteiger charge is -2.35. The molecule has 1 aromatic carbocycles. The molecule has 0 bridgehead atoms. The minimum absolute atomic E-state index is 0.0675. The average molecular weight is 371 g/mol. The predicted molar refractivity (Wildman–Crippen MR) is 99.5 cm³/mol. The van der Waals surface area contributed by atoms with Gasteiger partial charge in [-0.25, -0.2) is 9.07 Å². The summed E-state index contributed by atoms with van der Waals surface area (Å²) >= 11 is 1.74. The van der Waals surface area contributed by atoms with Gasteiger partial charge in [-0.2, -0.15) is 0 Å². The first kappa shape index (κ1) is 17.3. The van der Waals surface area contributed by atoms with E-state index in [9.17, 15) is 4.39 Å². The summed E-state index contributed by atoms with van der Waals surface area (Å²) in [6, 6.07) is 10.8. The lowest BCUT2D eigenvalue weighted by atomic mass is 9.97. The minimum Gasteiger partial charge on any atom is -0.289 e. The van der Waals surface area contributed by atoms with Gasteiger partial charge < -0.3 is 0 Å². The second-order valence-electron chi connectivity index (χ2n) is 6.96. The maximum absolute atomic E-state index is 13.2. The molecule has 1 fully saturated rings. The molecule has 5 nitrogen and oxygen atoms in total. The molecule has 0 unspecified atom stereocenters. The van der Waals surface area contributed by atoms with Crippen LogP contribution in [0.1, 0.15) is 42.1 Å². The van der Waals surface area contributed by atoms with Crippen LogP contribution in [0.25, 0.3) is 0 Å². The molecule has 4 rings (SSSR count). The second kappa shape index (κ2) is 7.63. The number of hydrogen-bond acceptors (Lipinski definition) is 5. The summed E-state index contributed by atoms with van der Waals surface area (Å²) < 4.78 is 15.0. The number of nitrogens with zero attached hydrogens (tertiary/aromatic N) is 5. The van der Waals surface area contributed by atoms with E-state index in [2.05, 4.69) is 44.9 Å². The Hall–Kier alpha value is -2.12. The van der Waals surface area contributed by atoms with Crippen molar-refractivity contribution < 1.29 is 4.39 Å². The van der Waals surface area contributed by atoms with E-state index in [1.165, 1.54) is 29.9 Å². The third kappa shape index (κ3) is 3.68. The predicted octanol–water partition coefficient (Wildman–Crippen LogP) is 3.74. The molecule has 3 aromatic rings. The van der Waals surface area contributed by atoms with Gasteiger partial charge in [0.1, 0.15) is 11.9 Å². The summed E-state index contributed by atoms with van der Waals surface area (Å²) in [5.41, 5.74) is 0.983. The Morgan fingerprint density at radius 3 is 2.65 bits per heavy atom.